The van der Waals surface area contributed by atoms with Crippen molar-refractivity contribution in [2.45, 2.75) is 17.9 Å². The van der Waals surface area contributed by atoms with Crippen molar-refractivity contribution in [2.75, 3.05) is 6.61 Å². The maximum absolute atomic E-state index is 10.8. The molecule has 7 N–H and O–H groups in total. The molecule has 0 fully saturated rings. The molecule has 0 radical (unpaired) electrons. The number of hydrogen-bond donors (Lipinski definition) is 6. The number of rotatable bonds is 4. The van der Waals surface area contributed by atoms with E-state index in [0.29, 0.717) is 0 Å². The third-order valence-electron chi connectivity index (χ3n) is 1.57. The zero-order valence-corrected chi connectivity index (χ0v) is 9.10. The van der Waals surface area contributed by atoms with Gasteiger partial charge in [0, 0.05) is 0 Å². The molecule has 0 saturated carbocycles. The zero-order valence-electron chi connectivity index (χ0n) is 7.31. The fourth-order valence-electron chi connectivity index (χ4n) is 1.05. The fraction of sp³-hybridized carbons (Fsp3) is 1.00. The lowest BCUT2D eigenvalue weighted by Gasteiger charge is -2.32. The minimum atomic E-state index is -5.08. The molecule has 0 aliphatic rings. The first kappa shape index (κ1) is 14.2. The molecule has 0 aliphatic carbocycles. The van der Waals surface area contributed by atoms with Crippen molar-refractivity contribution >= 4 is 15.2 Å². The summed E-state index contributed by atoms with van der Waals surface area (Å²) < 4.78 is 21.6. The van der Waals surface area contributed by atoms with E-state index in [-0.39, 0.29) is 0 Å². The molecule has 0 aromatic rings. The summed E-state index contributed by atoms with van der Waals surface area (Å²) in [6.07, 6.45) is 0. The number of hydrogen-bond acceptors (Lipinski definition) is 4. The molecule has 0 aromatic carbocycles. The van der Waals surface area contributed by atoms with Crippen molar-refractivity contribution in [1.29, 1.82) is 0 Å². The largest absolute Gasteiger partial charge is 0.394 e. The molecule has 0 amide bonds. The lowest BCUT2D eigenvalue weighted by atomic mass is 10.1. The van der Waals surface area contributed by atoms with Gasteiger partial charge >= 0.3 is 15.2 Å². The maximum atomic E-state index is 10.8. The van der Waals surface area contributed by atoms with Crippen LogP contribution in [-0.2, 0) is 9.13 Å². The summed E-state index contributed by atoms with van der Waals surface area (Å²) in [5.41, 5.74) is 3.15. The summed E-state index contributed by atoms with van der Waals surface area (Å²) in [6.45, 7) is 0.00370. The van der Waals surface area contributed by atoms with Gasteiger partial charge in [0.25, 0.3) is 0 Å². The average Bonchev–Trinajstić information content (AvgIpc) is 1.79. The molecule has 86 valence electrons. The standard InChI is InChI=1S/C4H13NO7P2/c1-4(5,2-6)3(13(7,8)9)14(10,11)12/h3,6H,2,5H2,1H3,(H2,7,8,9)(H2,10,11,12). The molecule has 0 bridgehead atoms. The van der Waals surface area contributed by atoms with E-state index in [1.807, 2.05) is 0 Å². The van der Waals surface area contributed by atoms with Gasteiger partial charge in [0.1, 0.15) is 0 Å². The first-order valence-corrected chi connectivity index (χ1v) is 6.79. The van der Waals surface area contributed by atoms with Crippen LogP contribution in [0.5, 0.6) is 0 Å². The van der Waals surface area contributed by atoms with E-state index in [1.54, 1.807) is 0 Å². The third-order valence-corrected chi connectivity index (χ3v) is 5.83. The highest BCUT2D eigenvalue weighted by atomic mass is 31.2. The summed E-state index contributed by atoms with van der Waals surface area (Å²) in [4.78, 5) is 34.8. The van der Waals surface area contributed by atoms with Gasteiger partial charge in [-0.1, -0.05) is 0 Å². The third kappa shape index (κ3) is 3.42. The first-order chi connectivity index (χ1) is 5.93. The van der Waals surface area contributed by atoms with Crippen molar-refractivity contribution in [1.82, 2.24) is 0 Å². The van der Waals surface area contributed by atoms with E-state index >= 15 is 0 Å². The zero-order chi connectivity index (χ0) is 11.8. The Bertz CT molecular complexity index is 268. The topological polar surface area (TPSA) is 161 Å². The molecule has 0 aliphatic heterocycles. The molecule has 10 heteroatoms. The van der Waals surface area contributed by atoms with Gasteiger partial charge in [-0.25, -0.2) is 0 Å². The highest BCUT2D eigenvalue weighted by Gasteiger charge is 2.53. The number of nitrogens with two attached hydrogens (primary N) is 1. The van der Waals surface area contributed by atoms with Crippen molar-refractivity contribution in [3.63, 3.8) is 0 Å². The highest BCUT2D eigenvalue weighted by Crippen LogP contribution is 2.63. The van der Waals surface area contributed by atoms with Gasteiger partial charge in [-0.3, -0.25) is 9.13 Å². The van der Waals surface area contributed by atoms with Gasteiger partial charge < -0.3 is 30.4 Å². The second kappa shape index (κ2) is 4.00. The lowest BCUT2D eigenvalue weighted by molar-refractivity contribution is 0.198. The minimum absolute atomic E-state index is 0.951. The summed E-state index contributed by atoms with van der Waals surface area (Å²) in [6, 6.07) is 0. The van der Waals surface area contributed by atoms with Gasteiger partial charge in [0.2, 0.25) is 0 Å². The first-order valence-electron chi connectivity index (χ1n) is 3.43. The van der Waals surface area contributed by atoms with E-state index < -0.39 is 32.7 Å². The van der Waals surface area contributed by atoms with Crippen molar-refractivity contribution in [3.8, 4) is 0 Å². The van der Waals surface area contributed by atoms with Gasteiger partial charge in [-0.2, -0.15) is 0 Å². The van der Waals surface area contributed by atoms with Gasteiger partial charge in [0.15, 0.2) is 5.40 Å². The quantitative estimate of drug-likeness (QED) is 0.324. The van der Waals surface area contributed by atoms with Crippen LogP contribution in [0.4, 0.5) is 0 Å². The van der Waals surface area contributed by atoms with Crippen molar-refractivity contribution in [3.05, 3.63) is 0 Å². The highest BCUT2D eigenvalue weighted by molar-refractivity contribution is 7.71. The molecule has 14 heavy (non-hydrogen) atoms. The van der Waals surface area contributed by atoms with Crippen LogP contribution in [0.15, 0.2) is 0 Å². The normalized spacial score (nSPS) is 18.3. The Morgan fingerprint density at radius 1 is 1.21 bits per heavy atom. The van der Waals surface area contributed by atoms with Gasteiger partial charge in [-0.05, 0) is 6.92 Å². The van der Waals surface area contributed by atoms with Gasteiger partial charge in [0.05, 0.1) is 12.1 Å². The van der Waals surface area contributed by atoms with E-state index in [4.69, 9.17) is 30.4 Å². The SMILES string of the molecule is CC(N)(CO)C(P(=O)(O)O)P(=O)(O)O. The minimum Gasteiger partial charge on any atom is -0.394 e. The molecule has 8 nitrogen and oxygen atoms in total. The molecule has 0 rings (SSSR count). The predicted octanol–water partition coefficient (Wildman–Crippen LogP) is -1.62. The summed E-state index contributed by atoms with van der Waals surface area (Å²) in [7, 11) is -10.2. The molecule has 0 heterocycles. The fourth-order valence-corrected chi connectivity index (χ4v) is 4.31. The molecular weight excluding hydrogens is 236 g/mol. The summed E-state index contributed by atoms with van der Waals surface area (Å²) >= 11 is 0. The Labute approximate surface area is 80.1 Å². The van der Waals surface area contributed by atoms with Crippen molar-refractivity contribution < 1.29 is 33.8 Å². The van der Waals surface area contributed by atoms with Crippen LogP contribution in [0.25, 0.3) is 0 Å². The predicted molar refractivity (Wildman–Crippen MR) is 47.6 cm³/mol. The van der Waals surface area contributed by atoms with E-state index in [1.165, 1.54) is 0 Å². The summed E-state index contributed by atoms with van der Waals surface area (Å²) in [5, 5.41) is 6.28. The van der Waals surface area contributed by atoms with E-state index in [0.717, 1.165) is 6.92 Å². The van der Waals surface area contributed by atoms with Crippen LogP contribution in [0.3, 0.4) is 0 Å². The number of aliphatic hydroxyl groups excluding tert-OH is 1. The molecule has 1 unspecified atom stereocenters. The smallest absolute Gasteiger partial charge is 0.342 e. The Hall–Kier alpha value is 0.220. The monoisotopic (exact) mass is 249 g/mol. The molecule has 0 aromatic heterocycles. The molecular formula is C4H13NO7P2. The van der Waals surface area contributed by atoms with Crippen LogP contribution in [0.1, 0.15) is 6.92 Å². The second-order valence-corrected chi connectivity index (χ2v) is 7.01. The Morgan fingerprint density at radius 2 is 1.50 bits per heavy atom. The number of aliphatic hydroxyl groups is 1. The Morgan fingerprint density at radius 3 is 1.57 bits per heavy atom. The van der Waals surface area contributed by atoms with Crippen LogP contribution < -0.4 is 5.73 Å². The Kier molecular flexibility index (Phi) is 4.06. The second-order valence-electron chi connectivity index (χ2n) is 3.22. The van der Waals surface area contributed by atoms with E-state index in [9.17, 15) is 9.13 Å². The van der Waals surface area contributed by atoms with Crippen molar-refractivity contribution in [2.24, 2.45) is 5.73 Å². The Balaban J connectivity index is 5.37. The van der Waals surface area contributed by atoms with E-state index in [2.05, 4.69) is 0 Å². The van der Waals surface area contributed by atoms with Crippen LogP contribution in [-0.4, -0.2) is 42.2 Å². The average molecular weight is 249 g/mol. The van der Waals surface area contributed by atoms with Crippen LogP contribution in [0.2, 0.25) is 0 Å². The molecule has 0 spiro atoms. The molecule has 0 saturated heterocycles. The molecule has 1 atom stereocenters. The van der Waals surface area contributed by atoms with Gasteiger partial charge in [-0.15, -0.1) is 0 Å². The lowest BCUT2D eigenvalue weighted by Crippen LogP contribution is -2.50. The van der Waals surface area contributed by atoms with Crippen LogP contribution >= 0.6 is 15.2 Å². The maximum Gasteiger partial charge on any atom is 0.342 e. The van der Waals surface area contributed by atoms with Crippen LogP contribution in [0, 0.1) is 0 Å². The summed E-state index contributed by atoms with van der Waals surface area (Å²) in [5.74, 6) is 0.